The highest BCUT2D eigenvalue weighted by Gasteiger charge is 2.35. The Morgan fingerprint density at radius 2 is 1.74 bits per heavy atom. The summed E-state index contributed by atoms with van der Waals surface area (Å²) in [7, 11) is 1.32. The molecule has 8 heteroatoms. The van der Waals surface area contributed by atoms with E-state index in [-0.39, 0.29) is 19.4 Å². The van der Waals surface area contributed by atoms with Crippen molar-refractivity contribution in [3.63, 3.8) is 0 Å². The number of hydrogen-bond donors (Lipinski definition) is 2. The van der Waals surface area contributed by atoms with Crippen LogP contribution in [-0.2, 0) is 4.79 Å². The van der Waals surface area contributed by atoms with Crippen LogP contribution in [-0.4, -0.2) is 47.3 Å². The molecular weight excluding hydrogens is 265 g/mol. The quantitative estimate of drug-likeness (QED) is 0.735. The molecule has 0 bridgehead atoms. The number of unbranched alkanes of at least 4 members (excludes halogenated alkanes) is 1. The normalized spacial score (nSPS) is 12.1. The van der Waals surface area contributed by atoms with Gasteiger partial charge in [0.05, 0.1) is 0 Å². The molecule has 0 rings (SSSR count). The number of carboxylic acid groups (broad SMARTS) is 1. The number of nitrogens with one attached hydrogen (secondary N) is 1. The number of nitrogens with zero attached hydrogens (tertiary/aromatic N) is 1. The maximum atomic E-state index is 11.9. The molecule has 0 aliphatic heterocycles. The summed E-state index contributed by atoms with van der Waals surface area (Å²) in [5.74, 6) is -1.16. The van der Waals surface area contributed by atoms with Crippen LogP contribution in [0.25, 0.3) is 0 Å². The third-order valence-corrected chi connectivity index (χ3v) is 2.83. The Hall–Kier alpha value is -1.47. The second-order valence-electron chi connectivity index (χ2n) is 4.73. The number of carboxylic acids is 1. The number of carbonyl (C=O) groups excluding carboxylic acids is 1. The van der Waals surface area contributed by atoms with Gasteiger partial charge in [-0.2, -0.15) is 13.2 Å². The third-order valence-electron chi connectivity index (χ3n) is 2.83. The van der Waals surface area contributed by atoms with E-state index in [0.717, 1.165) is 4.90 Å². The van der Waals surface area contributed by atoms with Crippen molar-refractivity contribution in [1.29, 1.82) is 0 Å². The van der Waals surface area contributed by atoms with E-state index in [1.165, 1.54) is 20.9 Å². The molecule has 0 atom stereocenters. The number of halogens is 3. The van der Waals surface area contributed by atoms with E-state index in [4.69, 9.17) is 5.11 Å². The van der Waals surface area contributed by atoms with Crippen molar-refractivity contribution in [3.05, 3.63) is 0 Å². The number of aliphatic carboxylic acids is 1. The lowest BCUT2D eigenvalue weighted by Crippen LogP contribution is -2.54. The lowest BCUT2D eigenvalue weighted by molar-refractivity contribution is -0.147. The van der Waals surface area contributed by atoms with Gasteiger partial charge in [-0.3, -0.25) is 0 Å². The summed E-state index contributed by atoms with van der Waals surface area (Å²) in [6.45, 7) is 2.80. The number of urea groups is 1. The Kier molecular flexibility index (Phi) is 6.11. The Bertz CT molecular complexity index is 330. The third kappa shape index (κ3) is 6.30. The number of likely N-dealkylation sites (N-methyl/N-ethyl adjacent to an activating group) is 1. The summed E-state index contributed by atoms with van der Waals surface area (Å²) < 4.78 is 35.6. The van der Waals surface area contributed by atoms with E-state index in [2.05, 4.69) is 5.32 Å². The van der Waals surface area contributed by atoms with E-state index < -0.39 is 30.1 Å². The summed E-state index contributed by atoms with van der Waals surface area (Å²) in [5, 5.41) is 11.3. The summed E-state index contributed by atoms with van der Waals surface area (Å²) in [4.78, 5) is 23.5. The van der Waals surface area contributed by atoms with Gasteiger partial charge in [0, 0.05) is 20.0 Å². The molecule has 0 aliphatic carbocycles. The second kappa shape index (κ2) is 6.63. The van der Waals surface area contributed by atoms with Crippen LogP contribution in [0.3, 0.4) is 0 Å². The molecule has 2 N–H and O–H groups in total. The highest BCUT2D eigenvalue weighted by atomic mass is 19.4. The van der Waals surface area contributed by atoms with Crippen LogP contribution in [0.1, 0.15) is 33.1 Å². The van der Waals surface area contributed by atoms with Crippen LogP contribution in [0.4, 0.5) is 18.0 Å². The molecule has 0 radical (unpaired) electrons. The molecule has 2 amide bonds. The minimum atomic E-state index is -4.19. The van der Waals surface area contributed by atoms with Crippen molar-refractivity contribution in [2.24, 2.45) is 0 Å². The van der Waals surface area contributed by atoms with Gasteiger partial charge in [0.25, 0.3) is 0 Å². The van der Waals surface area contributed by atoms with Gasteiger partial charge in [-0.25, -0.2) is 9.59 Å². The van der Waals surface area contributed by atoms with Gasteiger partial charge in [0.1, 0.15) is 5.54 Å². The molecule has 0 saturated heterocycles. The van der Waals surface area contributed by atoms with Crippen molar-refractivity contribution >= 4 is 12.0 Å². The molecule has 0 heterocycles. The molecule has 112 valence electrons. The molecular formula is C11H19F3N2O3. The average molecular weight is 284 g/mol. The van der Waals surface area contributed by atoms with Crippen molar-refractivity contribution in [2.45, 2.75) is 44.8 Å². The van der Waals surface area contributed by atoms with Gasteiger partial charge < -0.3 is 15.3 Å². The number of rotatable bonds is 6. The van der Waals surface area contributed by atoms with E-state index in [1.807, 2.05) is 0 Å². The summed E-state index contributed by atoms with van der Waals surface area (Å²) in [6.07, 6.45) is -4.96. The Morgan fingerprint density at radius 3 is 2.16 bits per heavy atom. The zero-order chi connectivity index (χ0) is 15.3. The summed E-state index contributed by atoms with van der Waals surface area (Å²) >= 11 is 0. The van der Waals surface area contributed by atoms with Gasteiger partial charge in [-0.05, 0) is 26.7 Å². The van der Waals surface area contributed by atoms with Crippen LogP contribution in [0, 0.1) is 0 Å². The van der Waals surface area contributed by atoms with Crippen LogP contribution < -0.4 is 5.32 Å². The van der Waals surface area contributed by atoms with Crippen molar-refractivity contribution in [1.82, 2.24) is 10.2 Å². The van der Waals surface area contributed by atoms with E-state index in [9.17, 15) is 22.8 Å². The predicted octanol–water partition coefficient (Wildman–Crippen LogP) is 2.22. The summed E-state index contributed by atoms with van der Waals surface area (Å²) in [6, 6.07) is -0.626. The smallest absolute Gasteiger partial charge is 0.389 e. The fourth-order valence-electron chi connectivity index (χ4n) is 1.16. The molecule has 0 aromatic heterocycles. The van der Waals surface area contributed by atoms with Gasteiger partial charge in [-0.15, -0.1) is 0 Å². The zero-order valence-corrected chi connectivity index (χ0v) is 11.2. The molecule has 0 saturated carbocycles. The molecule has 19 heavy (non-hydrogen) atoms. The van der Waals surface area contributed by atoms with Gasteiger partial charge in [0.15, 0.2) is 0 Å². The zero-order valence-electron chi connectivity index (χ0n) is 11.2. The Balaban J connectivity index is 4.03. The predicted molar refractivity (Wildman–Crippen MR) is 62.8 cm³/mol. The standard InChI is InChI=1S/C11H19F3N2O3/c1-10(2,8(17)18)16(3)9(19)15-7-5-4-6-11(12,13)14/h4-7H2,1-3H3,(H,15,19)(H,17,18). The molecule has 5 nitrogen and oxygen atoms in total. The molecule has 0 aromatic carbocycles. The minimum Gasteiger partial charge on any atom is -0.480 e. The summed E-state index contributed by atoms with van der Waals surface area (Å²) in [5.41, 5.74) is -1.38. The minimum absolute atomic E-state index is 0.0736. The highest BCUT2D eigenvalue weighted by molar-refractivity contribution is 5.85. The number of amides is 2. The van der Waals surface area contributed by atoms with Crippen LogP contribution in [0.15, 0.2) is 0 Å². The lowest BCUT2D eigenvalue weighted by Gasteiger charge is -2.31. The maximum Gasteiger partial charge on any atom is 0.389 e. The fourth-order valence-corrected chi connectivity index (χ4v) is 1.16. The van der Waals surface area contributed by atoms with E-state index in [1.54, 1.807) is 0 Å². The monoisotopic (exact) mass is 284 g/mol. The van der Waals surface area contributed by atoms with E-state index >= 15 is 0 Å². The van der Waals surface area contributed by atoms with Crippen molar-refractivity contribution in [2.75, 3.05) is 13.6 Å². The van der Waals surface area contributed by atoms with Gasteiger partial charge in [0.2, 0.25) is 0 Å². The van der Waals surface area contributed by atoms with Gasteiger partial charge >= 0.3 is 18.2 Å². The van der Waals surface area contributed by atoms with Gasteiger partial charge in [-0.1, -0.05) is 0 Å². The average Bonchev–Trinajstić information content (AvgIpc) is 2.25. The topological polar surface area (TPSA) is 69.6 Å². The lowest BCUT2D eigenvalue weighted by atomic mass is 10.1. The van der Waals surface area contributed by atoms with Crippen LogP contribution in [0.2, 0.25) is 0 Å². The first-order chi connectivity index (χ1) is 8.48. The first-order valence-electron chi connectivity index (χ1n) is 5.80. The molecule has 0 aliphatic rings. The number of carbonyl (C=O) groups is 2. The Labute approximate surface area is 109 Å². The first kappa shape index (κ1) is 17.5. The first-order valence-corrected chi connectivity index (χ1v) is 5.80. The molecule has 0 aromatic rings. The van der Waals surface area contributed by atoms with E-state index in [0.29, 0.717) is 0 Å². The largest absolute Gasteiger partial charge is 0.480 e. The molecule has 0 unspecified atom stereocenters. The fraction of sp³-hybridized carbons (Fsp3) is 0.818. The maximum absolute atomic E-state index is 11.9. The molecule has 0 fully saturated rings. The van der Waals surface area contributed by atoms with Crippen molar-refractivity contribution in [3.8, 4) is 0 Å². The number of alkyl halides is 3. The Morgan fingerprint density at radius 1 is 1.21 bits per heavy atom. The van der Waals surface area contributed by atoms with Crippen molar-refractivity contribution < 1.29 is 27.9 Å². The second-order valence-corrected chi connectivity index (χ2v) is 4.73. The number of hydrogen-bond acceptors (Lipinski definition) is 2. The highest BCUT2D eigenvalue weighted by Crippen LogP contribution is 2.21. The molecule has 0 spiro atoms. The van der Waals surface area contributed by atoms with Crippen LogP contribution >= 0.6 is 0 Å². The SMILES string of the molecule is CN(C(=O)NCCCCC(F)(F)F)C(C)(C)C(=O)O. The van der Waals surface area contributed by atoms with Crippen LogP contribution in [0.5, 0.6) is 0 Å².